The summed E-state index contributed by atoms with van der Waals surface area (Å²) >= 11 is 5.81. The predicted molar refractivity (Wildman–Crippen MR) is 65.8 cm³/mol. The average molecular weight is 236 g/mol. The van der Waals surface area contributed by atoms with E-state index in [4.69, 9.17) is 16.0 Å². The van der Waals surface area contributed by atoms with E-state index in [1.54, 1.807) is 0 Å². The quantitative estimate of drug-likeness (QED) is 0.770. The maximum atomic E-state index is 5.81. The molecule has 0 unspecified atom stereocenters. The molecule has 1 heterocycles. The molecule has 0 aliphatic carbocycles. The first kappa shape index (κ1) is 11.2. The highest BCUT2D eigenvalue weighted by Crippen LogP contribution is 2.31. The first-order valence-corrected chi connectivity index (χ1v) is 5.69. The molecule has 3 heteroatoms. The van der Waals surface area contributed by atoms with Gasteiger partial charge >= 0.3 is 0 Å². The molecule has 2 nitrogen and oxygen atoms in total. The zero-order valence-corrected chi connectivity index (χ0v) is 10.4. The molecule has 0 aliphatic heterocycles. The molecule has 0 aliphatic rings. The highest BCUT2D eigenvalue weighted by Gasteiger charge is 2.16. The molecule has 0 saturated heterocycles. The van der Waals surface area contributed by atoms with Crippen molar-refractivity contribution >= 4 is 11.6 Å². The van der Waals surface area contributed by atoms with Crippen molar-refractivity contribution in [3.63, 3.8) is 0 Å². The minimum absolute atomic E-state index is 0.208. The van der Waals surface area contributed by atoms with Crippen molar-refractivity contribution < 1.29 is 4.42 Å². The topological polar surface area (TPSA) is 26.0 Å². The number of oxazole rings is 1. The monoisotopic (exact) mass is 235 g/mol. The fourth-order valence-corrected chi connectivity index (χ4v) is 1.78. The third-order valence-corrected chi connectivity index (χ3v) is 2.64. The number of hydrogen-bond donors (Lipinski definition) is 0. The largest absolute Gasteiger partial charge is 0.432 e. The second-order valence-electron chi connectivity index (χ2n) is 4.20. The van der Waals surface area contributed by atoms with Crippen molar-refractivity contribution in [1.29, 1.82) is 0 Å². The molecule has 84 valence electrons. The van der Waals surface area contributed by atoms with Crippen molar-refractivity contribution in [3.8, 4) is 11.3 Å². The summed E-state index contributed by atoms with van der Waals surface area (Å²) in [7, 11) is 0. The molecule has 0 saturated carbocycles. The lowest BCUT2D eigenvalue weighted by molar-refractivity contribution is 0.485. The van der Waals surface area contributed by atoms with Crippen molar-refractivity contribution in [2.45, 2.75) is 26.7 Å². The van der Waals surface area contributed by atoms with Crippen LogP contribution in [0.5, 0.6) is 0 Å². The van der Waals surface area contributed by atoms with Crippen LogP contribution in [-0.2, 0) is 0 Å². The van der Waals surface area contributed by atoms with E-state index in [9.17, 15) is 0 Å². The van der Waals surface area contributed by atoms with Gasteiger partial charge in [-0.1, -0.05) is 43.7 Å². The molecular formula is C13H14ClNO. The van der Waals surface area contributed by atoms with Crippen molar-refractivity contribution in [1.82, 2.24) is 4.98 Å². The van der Waals surface area contributed by atoms with E-state index >= 15 is 0 Å². The fraction of sp³-hybridized carbons (Fsp3) is 0.308. The molecule has 0 fully saturated rings. The van der Waals surface area contributed by atoms with Gasteiger partial charge in [-0.2, -0.15) is 4.98 Å². The Kier molecular flexibility index (Phi) is 3.01. The second kappa shape index (κ2) is 4.30. The smallest absolute Gasteiger partial charge is 0.292 e. The minimum atomic E-state index is 0.208. The maximum absolute atomic E-state index is 5.81. The highest BCUT2D eigenvalue weighted by atomic mass is 35.5. The Morgan fingerprint density at radius 3 is 2.38 bits per heavy atom. The van der Waals surface area contributed by atoms with Gasteiger partial charge in [0.15, 0.2) is 0 Å². The van der Waals surface area contributed by atoms with Crippen molar-refractivity contribution in [3.05, 3.63) is 40.9 Å². The molecule has 0 radical (unpaired) electrons. The van der Waals surface area contributed by atoms with Crippen LogP contribution in [0.15, 0.2) is 28.7 Å². The normalized spacial score (nSPS) is 11.1. The molecular weight excluding hydrogens is 222 g/mol. The number of rotatable bonds is 2. The van der Waals surface area contributed by atoms with E-state index in [1.165, 1.54) is 5.56 Å². The number of aromatic nitrogens is 1. The van der Waals surface area contributed by atoms with E-state index in [0.29, 0.717) is 0 Å². The number of nitrogens with zero attached hydrogens (tertiary/aromatic N) is 1. The lowest BCUT2D eigenvalue weighted by atomic mass is 10.0. The summed E-state index contributed by atoms with van der Waals surface area (Å²) in [5.74, 6) is 1.12. The summed E-state index contributed by atoms with van der Waals surface area (Å²) in [6.45, 7) is 6.19. The summed E-state index contributed by atoms with van der Waals surface area (Å²) < 4.78 is 5.42. The third kappa shape index (κ3) is 2.12. The standard InChI is InChI=1S/C13H14ClNO/c1-8(2)12-11(15-13(14)16-12)10-6-4-9(3)5-7-10/h4-8H,1-3H3. The fourth-order valence-electron chi connectivity index (χ4n) is 1.61. The zero-order chi connectivity index (χ0) is 11.7. The van der Waals surface area contributed by atoms with Gasteiger partial charge in [0.1, 0.15) is 11.5 Å². The van der Waals surface area contributed by atoms with Crippen LogP contribution in [0, 0.1) is 6.92 Å². The minimum Gasteiger partial charge on any atom is -0.432 e. The number of benzene rings is 1. The van der Waals surface area contributed by atoms with Gasteiger partial charge in [0.05, 0.1) is 0 Å². The van der Waals surface area contributed by atoms with Crippen LogP contribution in [0.2, 0.25) is 5.35 Å². The highest BCUT2D eigenvalue weighted by molar-refractivity contribution is 6.27. The van der Waals surface area contributed by atoms with Gasteiger partial charge in [0.2, 0.25) is 0 Å². The Hall–Kier alpha value is -1.28. The van der Waals surface area contributed by atoms with Gasteiger partial charge in [0.25, 0.3) is 5.35 Å². The van der Waals surface area contributed by atoms with Gasteiger partial charge in [-0.3, -0.25) is 0 Å². The van der Waals surface area contributed by atoms with Gasteiger partial charge < -0.3 is 4.42 Å². The number of aryl methyl sites for hydroxylation is 1. The molecule has 0 amide bonds. The van der Waals surface area contributed by atoms with Crippen LogP contribution in [0.1, 0.15) is 31.1 Å². The number of hydrogen-bond acceptors (Lipinski definition) is 2. The number of halogens is 1. The Balaban J connectivity index is 2.50. The van der Waals surface area contributed by atoms with E-state index < -0.39 is 0 Å². The van der Waals surface area contributed by atoms with Gasteiger partial charge in [0, 0.05) is 11.5 Å². The molecule has 0 spiro atoms. The van der Waals surface area contributed by atoms with Crippen LogP contribution in [0.4, 0.5) is 0 Å². The summed E-state index contributed by atoms with van der Waals surface area (Å²) in [6.07, 6.45) is 0. The summed E-state index contributed by atoms with van der Waals surface area (Å²) in [6, 6.07) is 8.19. The van der Waals surface area contributed by atoms with Gasteiger partial charge in [-0.15, -0.1) is 0 Å². The van der Waals surface area contributed by atoms with Crippen molar-refractivity contribution in [2.75, 3.05) is 0 Å². The van der Waals surface area contributed by atoms with Crippen LogP contribution >= 0.6 is 11.6 Å². The first-order valence-electron chi connectivity index (χ1n) is 5.31. The van der Waals surface area contributed by atoms with Crippen molar-refractivity contribution in [2.24, 2.45) is 0 Å². The molecule has 2 rings (SSSR count). The average Bonchev–Trinajstić information content (AvgIpc) is 2.61. The lowest BCUT2D eigenvalue weighted by Crippen LogP contribution is -1.89. The molecule has 2 aromatic rings. The maximum Gasteiger partial charge on any atom is 0.292 e. The van der Waals surface area contributed by atoms with Crippen LogP contribution in [0.25, 0.3) is 11.3 Å². The molecule has 16 heavy (non-hydrogen) atoms. The molecule has 0 N–H and O–H groups in total. The van der Waals surface area contributed by atoms with Crippen LogP contribution in [0.3, 0.4) is 0 Å². The predicted octanol–water partition coefficient (Wildman–Crippen LogP) is 4.43. The van der Waals surface area contributed by atoms with E-state index in [1.807, 2.05) is 12.1 Å². The van der Waals surface area contributed by atoms with E-state index in [2.05, 4.69) is 37.9 Å². The SMILES string of the molecule is Cc1ccc(-c2nc(Cl)oc2C(C)C)cc1. The molecule has 1 aromatic carbocycles. The molecule has 0 bridgehead atoms. The molecule has 0 atom stereocenters. The summed E-state index contributed by atoms with van der Waals surface area (Å²) in [5, 5.41) is 0.208. The lowest BCUT2D eigenvalue weighted by Gasteiger charge is -2.03. The van der Waals surface area contributed by atoms with Gasteiger partial charge in [-0.25, -0.2) is 0 Å². The van der Waals surface area contributed by atoms with Gasteiger partial charge in [-0.05, 0) is 18.5 Å². The zero-order valence-electron chi connectivity index (χ0n) is 9.62. The van der Waals surface area contributed by atoms with E-state index in [-0.39, 0.29) is 11.3 Å². The Labute approximate surface area is 100 Å². The first-order chi connectivity index (χ1) is 7.58. The Bertz CT molecular complexity index is 485. The summed E-state index contributed by atoms with van der Waals surface area (Å²) in [5.41, 5.74) is 3.12. The molecule has 1 aromatic heterocycles. The Morgan fingerprint density at radius 1 is 1.19 bits per heavy atom. The Morgan fingerprint density at radius 2 is 1.81 bits per heavy atom. The van der Waals surface area contributed by atoms with E-state index in [0.717, 1.165) is 17.0 Å². The van der Waals surface area contributed by atoms with Crippen LogP contribution in [-0.4, -0.2) is 4.98 Å². The second-order valence-corrected chi connectivity index (χ2v) is 4.52. The third-order valence-electron chi connectivity index (χ3n) is 2.48. The van der Waals surface area contributed by atoms with Crippen LogP contribution < -0.4 is 0 Å². The summed E-state index contributed by atoms with van der Waals surface area (Å²) in [4.78, 5) is 4.23.